The third-order valence-corrected chi connectivity index (χ3v) is 5.22. The molecule has 0 aliphatic rings. The maximum absolute atomic E-state index is 5.67. The molecule has 0 aliphatic heterocycles. The number of hydrogen-bond acceptors (Lipinski definition) is 2. The molecular formula is C16H34OS. The largest absolute Gasteiger partial charge is 0.377 e. The van der Waals surface area contributed by atoms with Crippen molar-refractivity contribution in [2.75, 3.05) is 7.11 Å². The van der Waals surface area contributed by atoms with E-state index in [2.05, 4.69) is 27.7 Å². The highest BCUT2D eigenvalue weighted by Gasteiger charge is 2.40. The minimum Gasteiger partial charge on any atom is -0.377 e. The van der Waals surface area contributed by atoms with E-state index in [9.17, 15) is 0 Å². The fraction of sp³-hybridized carbons (Fsp3) is 1.00. The highest BCUT2D eigenvalue weighted by Crippen LogP contribution is 2.40. The van der Waals surface area contributed by atoms with E-state index in [1.54, 1.807) is 0 Å². The lowest BCUT2D eigenvalue weighted by Gasteiger charge is -2.42. The molecule has 1 nitrogen and oxygen atoms in total. The van der Waals surface area contributed by atoms with Crippen molar-refractivity contribution in [1.82, 2.24) is 0 Å². The average molecular weight is 275 g/mol. The van der Waals surface area contributed by atoms with Gasteiger partial charge in [-0.3, -0.25) is 0 Å². The van der Waals surface area contributed by atoms with Crippen LogP contribution in [0.25, 0.3) is 0 Å². The summed E-state index contributed by atoms with van der Waals surface area (Å²) in [6, 6.07) is 0. The first kappa shape index (κ1) is 18.3. The van der Waals surface area contributed by atoms with Gasteiger partial charge in [0.1, 0.15) is 0 Å². The first-order valence-corrected chi connectivity index (χ1v) is 8.15. The number of thiol groups is 1. The number of rotatable bonds is 11. The van der Waals surface area contributed by atoms with Crippen LogP contribution in [-0.2, 0) is 4.74 Å². The summed E-state index contributed by atoms with van der Waals surface area (Å²) < 4.78 is 5.69. The van der Waals surface area contributed by atoms with Crippen LogP contribution in [0.2, 0.25) is 0 Å². The molecule has 0 spiro atoms. The van der Waals surface area contributed by atoms with E-state index in [0.717, 1.165) is 12.8 Å². The van der Waals surface area contributed by atoms with Crippen LogP contribution in [0.1, 0.15) is 85.5 Å². The second-order valence-electron chi connectivity index (χ2n) is 6.01. The van der Waals surface area contributed by atoms with E-state index < -0.39 is 0 Å². The van der Waals surface area contributed by atoms with Crippen LogP contribution in [0.5, 0.6) is 0 Å². The Morgan fingerprint density at radius 2 is 1.39 bits per heavy atom. The molecule has 0 N–H and O–H groups in total. The normalized spacial score (nSPS) is 15.7. The van der Waals surface area contributed by atoms with Crippen LogP contribution in [-0.4, -0.2) is 17.5 Å². The van der Waals surface area contributed by atoms with Gasteiger partial charge in [0.05, 0.1) is 5.60 Å². The van der Waals surface area contributed by atoms with E-state index in [0.29, 0.717) is 0 Å². The molecule has 0 saturated carbocycles. The van der Waals surface area contributed by atoms with Crippen LogP contribution in [0.4, 0.5) is 0 Å². The van der Waals surface area contributed by atoms with Gasteiger partial charge in [0.2, 0.25) is 0 Å². The second-order valence-corrected chi connectivity index (χ2v) is 6.87. The zero-order valence-electron chi connectivity index (χ0n) is 13.2. The lowest BCUT2D eigenvalue weighted by molar-refractivity contribution is -0.0176. The number of unbranched alkanes of at least 4 members (excludes halogenated alkanes) is 5. The van der Waals surface area contributed by atoms with Gasteiger partial charge in [-0.15, -0.1) is 0 Å². The lowest BCUT2D eigenvalue weighted by Crippen LogP contribution is -2.47. The number of ether oxygens (including phenoxy) is 1. The molecule has 0 aromatic rings. The van der Waals surface area contributed by atoms with Gasteiger partial charge >= 0.3 is 0 Å². The van der Waals surface area contributed by atoms with Crippen molar-refractivity contribution >= 4 is 12.6 Å². The van der Waals surface area contributed by atoms with Crippen molar-refractivity contribution in [3.8, 4) is 0 Å². The minimum absolute atomic E-state index is 0.0151. The summed E-state index contributed by atoms with van der Waals surface area (Å²) in [6.45, 7) is 8.85. The molecule has 1 atom stereocenters. The molecule has 0 aromatic heterocycles. The standard InChI is InChI=1S/C16H34OS/c1-6-8-9-10-11-12-14-16(18,13-7-2)15(3,4)17-5/h18H,6-14H2,1-5H3. The Bertz CT molecular complexity index is 203. The van der Waals surface area contributed by atoms with E-state index in [1.807, 2.05) is 7.11 Å². The fourth-order valence-corrected chi connectivity index (χ4v) is 3.00. The molecule has 0 radical (unpaired) electrons. The third kappa shape index (κ3) is 5.97. The Labute approximate surface area is 120 Å². The molecule has 0 amide bonds. The summed E-state index contributed by atoms with van der Waals surface area (Å²) in [4.78, 5) is 0. The van der Waals surface area contributed by atoms with Crippen LogP contribution in [0, 0.1) is 0 Å². The number of hydrogen-bond donors (Lipinski definition) is 1. The highest BCUT2D eigenvalue weighted by atomic mass is 32.1. The van der Waals surface area contributed by atoms with Crippen molar-refractivity contribution < 1.29 is 4.74 Å². The maximum Gasteiger partial charge on any atom is 0.0766 e. The predicted molar refractivity (Wildman–Crippen MR) is 85.7 cm³/mol. The van der Waals surface area contributed by atoms with Crippen LogP contribution < -0.4 is 0 Å². The van der Waals surface area contributed by atoms with Gasteiger partial charge < -0.3 is 4.74 Å². The molecule has 0 rings (SSSR count). The minimum atomic E-state index is -0.143. The zero-order valence-corrected chi connectivity index (χ0v) is 14.1. The summed E-state index contributed by atoms with van der Waals surface area (Å²) in [5.74, 6) is 0. The molecule has 0 aromatic carbocycles. The van der Waals surface area contributed by atoms with E-state index in [-0.39, 0.29) is 10.3 Å². The van der Waals surface area contributed by atoms with Gasteiger partial charge in [0, 0.05) is 11.9 Å². The van der Waals surface area contributed by atoms with E-state index >= 15 is 0 Å². The first-order valence-electron chi connectivity index (χ1n) is 7.71. The predicted octanol–water partition coefficient (Wildman–Crippen LogP) is 5.63. The highest BCUT2D eigenvalue weighted by molar-refractivity contribution is 7.81. The van der Waals surface area contributed by atoms with Gasteiger partial charge in [-0.2, -0.15) is 12.6 Å². The zero-order chi connectivity index (χ0) is 14.1. The lowest BCUT2D eigenvalue weighted by atomic mass is 9.81. The van der Waals surface area contributed by atoms with Gasteiger partial charge in [0.25, 0.3) is 0 Å². The molecule has 18 heavy (non-hydrogen) atoms. The van der Waals surface area contributed by atoms with E-state index in [4.69, 9.17) is 17.4 Å². The van der Waals surface area contributed by atoms with Crippen LogP contribution >= 0.6 is 12.6 Å². The van der Waals surface area contributed by atoms with Gasteiger partial charge in [-0.05, 0) is 26.7 Å². The van der Waals surface area contributed by atoms with Crippen molar-refractivity contribution in [3.63, 3.8) is 0 Å². The first-order chi connectivity index (χ1) is 8.43. The topological polar surface area (TPSA) is 9.23 Å². The van der Waals surface area contributed by atoms with Crippen LogP contribution in [0.15, 0.2) is 0 Å². The summed E-state index contributed by atoms with van der Waals surface area (Å²) in [5.41, 5.74) is -0.143. The smallest absolute Gasteiger partial charge is 0.0766 e. The van der Waals surface area contributed by atoms with E-state index in [1.165, 1.54) is 44.9 Å². The van der Waals surface area contributed by atoms with Crippen molar-refractivity contribution in [2.45, 2.75) is 95.8 Å². The summed E-state index contributed by atoms with van der Waals surface area (Å²) in [5, 5.41) is 0. The molecular weight excluding hydrogens is 240 g/mol. The maximum atomic E-state index is 5.67. The second kappa shape index (κ2) is 9.25. The summed E-state index contributed by atoms with van der Waals surface area (Å²) in [6.07, 6.45) is 11.5. The third-order valence-electron chi connectivity index (χ3n) is 4.24. The molecule has 2 heteroatoms. The quantitative estimate of drug-likeness (QED) is 0.379. The Morgan fingerprint density at radius 1 is 0.833 bits per heavy atom. The van der Waals surface area contributed by atoms with Crippen molar-refractivity contribution in [2.24, 2.45) is 0 Å². The molecule has 0 fully saturated rings. The molecule has 0 saturated heterocycles. The van der Waals surface area contributed by atoms with Gasteiger partial charge in [-0.25, -0.2) is 0 Å². The summed E-state index contributed by atoms with van der Waals surface area (Å²) in [7, 11) is 1.81. The fourth-order valence-electron chi connectivity index (χ4n) is 2.53. The Kier molecular flexibility index (Phi) is 9.41. The van der Waals surface area contributed by atoms with Gasteiger partial charge in [-0.1, -0.05) is 58.8 Å². The monoisotopic (exact) mass is 274 g/mol. The Hall–Kier alpha value is 0.310. The van der Waals surface area contributed by atoms with Crippen molar-refractivity contribution in [3.05, 3.63) is 0 Å². The molecule has 0 heterocycles. The average Bonchev–Trinajstić information content (AvgIpc) is 2.33. The van der Waals surface area contributed by atoms with Gasteiger partial charge in [0.15, 0.2) is 0 Å². The SMILES string of the molecule is CCCCCCCCC(S)(CCC)C(C)(C)OC. The Morgan fingerprint density at radius 3 is 1.89 bits per heavy atom. The molecule has 110 valence electrons. The summed E-state index contributed by atoms with van der Waals surface area (Å²) >= 11 is 4.98. The molecule has 0 bridgehead atoms. The molecule has 0 aliphatic carbocycles. The molecule has 1 unspecified atom stereocenters. The van der Waals surface area contributed by atoms with Crippen molar-refractivity contribution in [1.29, 1.82) is 0 Å². The number of methoxy groups -OCH3 is 1. The Balaban J connectivity index is 4.11. The van der Waals surface area contributed by atoms with Crippen LogP contribution in [0.3, 0.4) is 0 Å².